The molecule has 1 N–H and O–H groups in total. The van der Waals surface area contributed by atoms with Crippen molar-refractivity contribution in [2.45, 2.75) is 45.2 Å². The molecule has 1 aromatic heterocycles. The summed E-state index contributed by atoms with van der Waals surface area (Å²) in [5, 5.41) is 5.19. The maximum absolute atomic E-state index is 3.77. The minimum Gasteiger partial charge on any atom is -0.308 e. The lowest BCUT2D eigenvalue weighted by molar-refractivity contribution is 0.178. The molecule has 2 aromatic rings. The van der Waals surface area contributed by atoms with Gasteiger partial charge in [0.25, 0.3) is 0 Å². The maximum Gasteiger partial charge on any atom is 0.0389 e. The summed E-state index contributed by atoms with van der Waals surface area (Å²) in [5.41, 5.74) is 1.45. The van der Waals surface area contributed by atoms with Gasteiger partial charge in [0, 0.05) is 28.2 Å². The van der Waals surface area contributed by atoms with Crippen LogP contribution in [-0.2, 0) is 0 Å². The van der Waals surface area contributed by atoms with Crippen LogP contribution in [0.3, 0.4) is 0 Å². The van der Waals surface area contributed by atoms with E-state index >= 15 is 0 Å². The predicted molar refractivity (Wildman–Crippen MR) is 93.2 cm³/mol. The fourth-order valence-electron chi connectivity index (χ4n) is 3.41. The molecule has 3 heteroatoms. The molecule has 114 valence electrons. The normalized spacial score (nSPS) is 21.8. The van der Waals surface area contributed by atoms with E-state index in [9.17, 15) is 0 Å². The number of fused-ring (bicyclic) bond motifs is 1. The number of piperidine rings is 1. The summed E-state index contributed by atoms with van der Waals surface area (Å²) in [6.07, 6.45) is 4.08. The first kappa shape index (κ1) is 15.0. The fourth-order valence-corrected chi connectivity index (χ4v) is 4.65. The monoisotopic (exact) mass is 302 g/mol. The third-order valence-corrected chi connectivity index (χ3v) is 6.31. The van der Waals surface area contributed by atoms with E-state index in [0.717, 1.165) is 6.54 Å². The highest BCUT2D eigenvalue weighted by molar-refractivity contribution is 7.19. The van der Waals surface area contributed by atoms with Gasteiger partial charge < -0.3 is 10.2 Å². The Labute approximate surface area is 132 Å². The quantitative estimate of drug-likeness (QED) is 0.903. The third-order valence-electron chi connectivity index (χ3n) is 4.86. The molecular formula is C18H26N2S. The highest BCUT2D eigenvalue weighted by Gasteiger charge is 2.20. The van der Waals surface area contributed by atoms with E-state index in [0.29, 0.717) is 12.1 Å². The summed E-state index contributed by atoms with van der Waals surface area (Å²) >= 11 is 1.94. The molecule has 1 aliphatic rings. The van der Waals surface area contributed by atoms with E-state index in [-0.39, 0.29) is 0 Å². The molecule has 0 amide bonds. The molecule has 3 rings (SSSR count). The summed E-state index contributed by atoms with van der Waals surface area (Å²) in [5.74, 6) is 0. The molecule has 0 bridgehead atoms. The van der Waals surface area contributed by atoms with Gasteiger partial charge in [0.2, 0.25) is 0 Å². The number of hydrogen-bond donors (Lipinski definition) is 1. The largest absolute Gasteiger partial charge is 0.308 e. The highest BCUT2D eigenvalue weighted by Crippen LogP contribution is 2.34. The number of aryl methyl sites for hydroxylation is 1. The van der Waals surface area contributed by atoms with Crippen molar-refractivity contribution in [3.05, 3.63) is 34.7 Å². The summed E-state index contributed by atoms with van der Waals surface area (Å²) in [6.45, 7) is 6.92. The topological polar surface area (TPSA) is 15.3 Å². The Bertz CT molecular complexity index is 604. The van der Waals surface area contributed by atoms with Gasteiger partial charge >= 0.3 is 0 Å². The van der Waals surface area contributed by atoms with Gasteiger partial charge in [0.05, 0.1) is 0 Å². The Morgan fingerprint density at radius 1 is 1.33 bits per heavy atom. The first-order valence-corrected chi connectivity index (χ1v) is 8.90. The second-order valence-electron chi connectivity index (χ2n) is 6.35. The van der Waals surface area contributed by atoms with E-state index in [1.54, 1.807) is 0 Å². The van der Waals surface area contributed by atoms with Gasteiger partial charge in [-0.05, 0) is 57.3 Å². The Hall–Kier alpha value is -0.900. The van der Waals surface area contributed by atoms with Crippen LogP contribution in [0.1, 0.15) is 42.7 Å². The van der Waals surface area contributed by atoms with Crippen molar-refractivity contribution in [3.8, 4) is 0 Å². The summed E-state index contributed by atoms with van der Waals surface area (Å²) in [7, 11) is 2.26. The van der Waals surface area contributed by atoms with E-state index in [1.165, 1.54) is 46.3 Å². The summed E-state index contributed by atoms with van der Waals surface area (Å²) in [6, 6.07) is 9.90. The minimum absolute atomic E-state index is 0.442. The van der Waals surface area contributed by atoms with Crippen molar-refractivity contribution in [2.75, 3.05) is 20.1 Å². The summed E-state index contributed by atoms with van der Waals surface area (Å²) < 4.78 is 1.41. The fraction of sp³-hybridized carbons (Fsp3) is 0.556. The van der Waals surface area contributed by atoms with Crippen LogP contribution in [0.2, 0.25) is 0 Å². The number of nitrogens with zero attached hydrogens (tertiary/aromatic N) is 1. The van der Waals surface area contributed by atoms with E-state index in [2.05, 4.69) is 55.4 Å². The van der Waals surface area contributed by atoms with E-state index in [1.807, 2.05) is 11.3 Å². The molecule has 2 nitrogen and oxygen atoms in total. The lowest BCUT2D eigenvalue weighted by Gasteiger charge is -2.33. The van der Waals surface area contributed by atoms with Crippen LogP contribution in [0.4, 0.5) is 0 Å². The molecule has 2 unspecified atom stereocenters. The Morgan fingerprint density at radius 3 is 2.90 bits per heavy atom. The SMILES string of the molecule is Cc1c(C(C)NCC2CCCCN2C)sc2ccccc12. The zero-order valence-electron chi connectivity index (χ0n) is 13.4. The van der Waals surface area contributed by atoms with Crippen LogP contribution in [0.5, 0.6) is 0 Å². The number of likely N-dealkylation sites (N-methyl/N-ethyl adjacent to an activating group) is 1. The van der Waals surface area contributed by atoms with Gasteiger partial charge in [-0.1, -0.05) is 24.6 Å². The van der Waals surface area contributed by atoms with Crippen LogP contribution < -0.4 is 5.32 Å². The second kappa shape index (κ2) is 6.47. The molecule has 2 heterocycles. The van der Waals surface area contributed by atoms with Gasteiger partial charge in [-0.3, -0.25) is 0 Å². The van der Waals surface area contributed by atoms with Crippen LogP contribution in [0.25, 0.3) is 10.1 Å². The van der Waals surface area contributed by atoms with Gasteiger partial charge in [-0.2, -0.15) is 0 Å². The molecule has 1 saturated heterocycles. The number of thiophene rings is 1. The van der Waals surface area contributed by atoms with Crippen molar-refractivity contribution in [2.24, 2.45) is 0 Å². The maximum atomic E-state index is 3.77. The predicted octanol–water partition coefficient (Wildman–Crippen LogP) is 4.34. The Morgan fingerprint density at radius 2 is 2.14 bits per heavy atom. The number of likely N-dealkylation sites (tertiary alicyclic amines) is 1. The third kappa shape index (κ3) is 3.15. The molecule has 21 heavy (non-hydrogen) atoms. The zero-order chi connectivity index (χ0) is 14.8. The first-order valence-electron chi connectivity index (χ1n) is 8.08. The second-order valence-corrected chi connectivity index (χ2v) is 7.43. The summed E-state index contributed by atoms with van der Waals surface area (Å²) in [4.78, 5) is 4.01. The van der Waals surface area contributed by atoms with Gasteiger partial charge in [0.1, 0.15) is 0 Å². The first-order chi connectivity index (χ1) is 10.2. The highest BCUT2D eigenvalue weighted by atomic mass is 32.1. The van der Waals surface area contributed by atoms with Crippen LogP contribution in [-0.4, -0.2) is 31.1 Å². The number of nitrogens with one attached hydrogen (secondary N) is 1. The molecule has 1 aliphatic heterocycles. The molecule has 2 atom stereocenters. The smallest absolute Gasteiger partial charge is 0.0389 e. The van der Waals surface area contributed by atoms with Gasteiger partial charge in [0.15, 0.2) is 0 Å². The van der Waals surface area contributed by atoms with Gasteiger partial charge in [-0.15, -0.1) is 11.3 Å². The molecule has 1 fully saturated rings. The lowest BCUT2D eigenvalue weighted by atomic mass is 10.0. The van der Waals surface area contributed by atoms with Crippen LogP contribution >= 0.6 is 11.3 Å². The number of hydrogen-bond acceptors (Lipinski definition) is 3. The number of rotatable bonds is 4. The number of benzene rings is 1. The Balaban J connectivity index is 1.69. The van der Waals surface area contributed by atoms with Crippen LogP contribution in [0, 0.1) is 6.92 Å². The molecule has 0 spiro atoms. The minimum atomic E-state index is 0.442. The molecule has 1 aromatic carbocycles. The zero-order valence-corrected chi connectivity index (χ0v) is 14.2. The van der Waals surface area contributed by atoms with Crippen molar-refractivity contribution in [1.82, 2.24) is 10.2 Å². The van der Waals surface area contributed by atoms with Crippen molar-refractivity contribution >= 4 is 21.4 Å². The molecule has 0 saturated carbocycles. The van der Waals surface area contributed by atoms with Crippen molar-refractivity contribution < 1.29 is 0 Å². The van der Waals surface area contributed by atoms with E-state index < -0.39 is 0 Å². The van der Waals surface area contributed by atoms with Gasteiger partial charge in [-0.25, -0.2) is 0 Å². The molecular weight excluding hydrogens is 276 g/mol. The molecule has 0 aliphatic carbocycles. The van der Waals surface area contributed by atoms with E-state index in [4.69, 9.17) is 0 Å². The van der Waals surface area contributed by atoms with Crippen LogP contribution in [0.15, 0.2) is 24.3 Å². The van der Waals surface area contributed by atoms with Crippen molar-refractivity contribution in [3.63, 3.8) is 0 Å². The molecule has 0 radical (unpaired) electrons. The average Bonchev–Trinajstić information content (AvgIpc) is 2.84. The van der Waals surface area contributed by atoms with Crippen molar-refractivity contribution in [1.29, 1.82) is 0 Å². The lowest BCUT2D eigenvalue weighted by Crippen LogP contribution is -2.43. The standard InChI is InChI=1S/C18H26N2S/c1-13-16-9-4-5-10-17(16)21-18(13)14(2)19-12-15-8-6-7-11-20(15)3/h4-5,9-10,14-15,19H,6-8,11-12H2,1-3H3. The average molecular weight is 302 g/mol. The Kier molecular flexibility index (Phi) is 4.63.